The molecule has 6 heteroatoms. The summed E-state index contributed by atoms with van der Waals surface area (Å²) in [5.74, 6) is 1.04. The van der Waals surface area contributed by atoms with Gasteiger partial charge in [0.05, 0.1) is 11.6 Å². The summed E-state index contributed by atoms with van der Waals surface area (Å²) in [4.78, 5) is 6.81. The largest absolute Gasteiger partial charge is 0.351 e. The van der Waals surface area contributed by atoms with Gasteiger partial charge >= 0.3 is 0 Å². The molecular formula is C27H24N4OS. The van der Waals surface area contributed by atoms with Crippen LogP contribution in [0.25, 0.3) is 17.0 Å². The van der Waals surface area contributed by atoms with Crippen LogP contribution in [0.3, 0.4) is 0 Å². The number of hydrogen-bond acceptors (Lipinski definition) is 4. The fourth-order valence-electron chi connectivity index (χ4n) is 4.07. The number of nitrogens with one attached hydrogen (secondary N) is 1. The zero-order valence-corrected chi connectivity index (χ0v) is 19.6. The van der Waals surface area contributed by atoms with E-state index in [0.717, 1.165) is 28.1 Å². The molecular weight excluding hydrogens is 428 g/mol. The van der Waals surface area contributed by atoms with Gasteiger partial charge in [0.1, 0.15) is 0 Å². The lowest BCUT2D eigenvalue weighted by atomic mass is 9.94. The van der Waals surface area contributed by atoms with Crippen LogP contribution in [0.4, 0.5) is 5.69 Å². The van der Waals surface area contributed by atoms with Crippen molar-refractivity contribution in [1.29, 1.82) is 0 Å². The van der Waals surface area contributed by atoms with Crippen LogP contribution in [-0.2, 0) is 0 Å². The van der Waals surface area contributed by atoms with Crippen LogP contribution < -0.4 is 10.2 Å². The van der Waals surface area contributed by atoms with E-state index < -0.39 is 0 Å². The average molecular weight is 453 g/mol. The van der Waals surface area contributed by atoms with Crippen molar-refractivity contribution in [3.8, 4) is 11.4 Å². The number of benzene rings is 3. The first-order chi connectivity index (χ1) is 16.0. The highest BCUT2D eigenvalue weighted by molar-refractivity contribution is 7.80. The van der Waals surface area contributed by atoms with Gasteiger partial charge in [0.15, 0.2) is 5.11 Å². The number of aromatic nitrogens is 2. The van der Waals surface area contributed by atoms with Crippen molar-refractivity contribution in [2.24, 2.45) is 0 Å². The summed E-state index contributed by atoms with van der Waals surface area (Å²) in [5.41, 5.74) is 7.21. The molecule has 1 atom stereocenters. The smallest absolute Gasteiger partial charge is 0.258 e. The molecule has 33 heavy (non-hydrogen) atoms. The molecule has 164 valence electrons. The predicted octanol–water partition coefficient (Wildman–Crippen LogP) is 6.22. The molecule has 1 aliphatic heterocycles. The Morgan fingerprint density at radius 3 is 2.15 bits per heavy atom. The van der Waals surface area contributed by atoms with Crippen LogP contribution in [0.15, 0.2) is 89.1 Å². The molecule has 3 aromatic carbocycles. The fraction of sp³-hybridized carbons (Fsp3) is 0.148. The third kappa shape index (κ3) is 4.05. The number of aryl methyl sites for hydroxylation is 2. The maximum absolute atomic E-state index is 5.82. The minimum Gasteiger partial charge on any atom is -0.351 e. The fourth-order valence-corrected chi connectivity index (χ4v) is 4.43. The van der Waals surface area contributed by atoms with Crippen molar-refractivity contribution < 1.29 is 4.52 Å². The van der Waals surface area contributed by atoms with Crippen LogP contribution in [0.1, 0.15) is 35.5 Å². The minimum atomic E-state index is -0.202. The van der Waals surface area contributed by atoms with E-state index in [0.29, 0.717) is 16.8 Å². The van der Waals surface area contributed by atoms with Gasteiger partial charge in [-0.15, -0.1) is 0 Å². The summed E-state index contributed by atoms with van der Waals surface area (Å²) in [6, 6.07) is 26.4. The molecule has 0 saturated heterocycles. The Morgan fingerprint density at radius 1 is 0.848 bits per heavy atom. The first-order valence-electron chi connectivity index (χ1n) is 10.9. The number of rotatable bonds is 4. The summed E-state index contributed by atoms with van der Waals surface area (Å²) in [5, 5.41) is 8.42. The normalized spacial score (nSPS) is 16.2. The SMILES string of the molecule is CC1=C(c2nc(-c3ccc(C)cc3)no2)C(c2ccccc2)NC(=S)N1c1ccc(C)cc1. The molecule has 0 radical (unpaired) electrons. The van der Waals surface area contributed by atoms with Crippen molar-refractivity contribution in [3.63, 3.8) is 0 Å². The third-order valence-electron chi connectivity index (χ3n) is 5.88. The van der Waals surface area contributed by atoms with Gasteiger partial charge in [-0.2, -0.15) is 4.98 Å². The van der Waals surface area contributed by atoms with Gasteiger partial charge in [-0.1, -0.05) is 83.0 Å². The van der Waals surface area contributed by atoms with Crippen molar-refractivity contribution in [3.05, 3.63) is 107 Å². The lowest BCUT2D eigenvalue weighted by Crippen LogP contribution is -2.46. The van der Waals surface area contributed by atoms with Crippen LogP contribution in [-0.4, -0.2) is 15.3 Å². The third-order valence-corrected chi connectivity index (χ3v) is 6.18. The van der Waals surface area contributed by atoms with E-state index in [1.807, 2.05) is 54.3 Å². The highest BCUT2D eigenvalue weighted by Gasteiger charge is 2.34. The monoisotopic (exact) mass is 452 g/mol. The lowest BCUT2D eigenvalue weighted by molar-refractivity contribution is 0.404. The van der Waals surface area contributed by atoms with Crippen LogP contribution in [0, 0.1) is 13.8 Å². The summed E-state index contributed by atoms with van der Waals surface area (Å²) in [6.07, 6.45) is 0. The molecule has 0 bridgehead atoms. The van der Waals surface area contributed by atoms with E-state index in [-0.39, 0.29) is 6.04 Å². The molecule has 1 aromatic heterocycles. The maximum Gasteiger partial charge on any atom is 0.258 e. The Kier molecular flexibility index (Phi) is 5.52. The summed E-state index contributed by atoms with van der Waals surface area (Å²) < 4.78 is 5.82. The van der Waals surface area contributed by atoms with Gasteiger partial charge in [0.25, 0.3) is 5.89 Å². The molecule has 0 fully saturated rings. The average Bonchev–Trinajstić information content (AvgIpc) is 3.30. The molecule has 1 unspecified atom stereocenters. The Morgan fingerprint density at radius 2 is 1.48 bits per heavy atom. The number of thiocarbonyl (C=S) groups is 1. The molecule has 2 heterocycles. The van der Waals surface area contributed by atoms with Gasteiger partial charge in [0.2, 0.25) is 5.82 Å². The van der Waals surface area contributed by atoms with E-state index in [2.05, 4.69) is 60.7 Å². The topological polar surface area (TPSA) is 54.2 Å². The zero-order chi connectivity index (χ0) is 22.9. The zero-order valence-electron chi connectivity index (χ0n) is 18.7. The highest BCUT2D eigenvalue weighted by atomic mass is 32.1. The van der Waals surface area contributed by atoms with Crippen molar-refractivity contribution >= 4 is 28.6 Å². The Hall–Kier alpha value is -3.77. The molecule has 0 amide bonds. The summed E-state index contributed by atoms with van der Waals surface area (Å²) in [6.45, 7) is 6.18. The predicted molar refractivity (Wildman–Crippen MR) is 136 cm³/mol. The first-order valence-corrected chi connectivity index (χ1v) is 11.3. The van der Waals surface area contributed by atoms with Crippen LogP contribution in [0.2, 0.25) is 0 Å². The van der Waals surface area contributed by atoms with E-state index in [1.54, 1.807) is 0 Å². The summed E-state index contributed by atoms with van der Waals surface area (Å²) in [7, 11) is 0. The first kappa shape index (κ1) is 21.1. The number of allylic oxidation sites excluding steroid dienone is 1. The quantitative estimate of drug-likeness (QED) is 0.371. The molecule has 5 rings (SSSR count). The Balaban J connectivity index is 1.64. The van der Waals surface area contributed by atoms with Gasteiger partial charge in [0, 0.05) is 16.9 Å². The summed E-state index contributed by atoms with van der Waals surface area (Å²) >= 11 is 5.81. The maximum atomic E-state index is 5.82. The van der Waals surface area contributed by atoms with Gasteiger partial charge in [-0.25, -0.2) is 0 Å². The van der Waals surface area contributed by atoms with Crippen LogP contribution in [0.5, 0.6) is 0 Å². The second kappa shape index (κ2) is 8.64. The molecule has 1 aliphatic rings. The van der Waals surface area contributed by atoms with Gasteiger partial charge in [-0.3, -0.25) is 4.90 Å². The molecule has 0 spiro atoms. The second-order valence-electron chi connectivity index (χ2n) is 8.25. The van der Waals surface area contributed by atoms with Crippen molar-refractivity contribution in [2.75, 3.05) is 4.90 Å². The standard InChI is InChI=1S/C27H24N4OS/c1-17-9-13-21(14-10-17)25-29-26(32-30-25)23-19(3)31(22-15-11-18(2)12-16-22)27(33)28-24(23)20-7-5-4-6-8-20/h4-16,24H,1-3H3,(H,28,33). The van der Waals surface area contributed by atoms with Gasteiger partial charge in [-0.05, 0) is 50.7 Å². The number of anilines is 1. The lowest BCUT2D eigenvalue weighted by Gasteiger charge is -2.37. The number of hydrogen-bond donors (Lipinski definition) is 1. The molecule has 0 aliphatic carbocycles. The molecule has 1 N–H and O–H groups in total. The Labute approximate surface area is 198 Å². The van der Waals surface area contributed by atoms with E-state index in [1.165, 1.54) is 11.1 Å². The highest BCUT2D eigenvalue weighted by Crippen LogP contribution is 2.39. The Bertz CT molecular complexity index is 1320. The van der Waals surface area contributed by atoms with Crippen LogP contribution >= 0.6 is 12.2 Å². The molecule has 5 nitrogen and oxygen atoms in total. The molecule has 4 aromatic rings. The number of nitrogens with zero attached hydrogens (tertiary/aromatic N) is 3. The minimum absolute atomic E-state index is 0.202. The van der Waals surface area contributed by atoms with E-state index >= 15 is 0 Å². The van der Waals surface area contributed by atoms with Crippen molar-refractivity contribution in [2.45, 2.75) is 26.8 Å². The van der Waals surface area contributed by atoms with Crippen molar-refractivity contribution in [1.82, 2.24) is 15.5 Å². The van der Waals surface area contributed by atoms with Gasteiger partial charge < -0.3 is 9.84 Å². The van der Waals surface area contributed by atoms with E-state index in [9.17, 15) is 0 Å². The molecule has 0 saturated carbocycles. The second-order valence-corrected chi connectivity index (χ2v) is 8.64. The van der Waals surface area contributed by atoms with E-state index in [4.69, 9.17) is 21.7 Å².